The molecule has 0 aliphatic heterocycles. The van der Waals surface area contributed by atoms with Crippen molar-refractivity contribution in [3.63, 3.8) is 0 Å². The highest BCUT2D eigenvalue weighted by Gasteiger charge is 2.20. The normalized spacial score (nSPS) is 12.8. The summed E-state index contributed by atoms with van der Waals surface area (Å²) < 4.78 is 38.9. The molecule has 1 nitrogen and oxygen atoms in total. The van der Waals surface area contributed by atoms with E-state index in [-0.39, 0.29) is 5.56 Å². The van der Waals surface area contributed by atoms with Crippen molar-refractivity contribution in [2.75, 3.05) is 0 Å². The number of hydrogen-bond donors (Lipinski definition) is 1. The van der Waals surface area contributed by atoms with E-state index in [9.17, 15) is 18.3 Å². The molecule has 84 valence electrons. The highest BCUT2D eigenvalue weighted by atomic mass is 32.1. The van der Waals surface area contributed by atoms with Crippen LogP contribution in [0.3, 0.4) is 0 Å². The second-order valence-electron chi connectivity index (χ2n) is 3.22. The summed E-state index contributed by atoms with van der Waals surface area (Å²) in [6.07, 6.45) is -1.28. The maximum absolute atomic E-state index is 13.3. The van der Waals surface area contributed by atoms with Gasteiger partial charge in [0.25, 0.3) is 0 Å². The van der Waals surface area contributed by atoms with Crippen LogP contribution in [0, 0.1) is 17.5 Å². The van der Waals surface area contributed by atoms with Crippen LogP contribution >= 0.6 is 11.3 Å². The fourth-order valence-corrected chi connectivity index (χ4v) is 2.04. The molecule has 0 saturated heterocycles. The molecule has 1 aromatic carbocycles. The van der Waals surface area contributed by atoms with E-state index in [0.717, 1.165) is 12.1 Å². The van der Waals surface area contributed by atoms with Crippen molar-refractivity contribution in [1.29, 1.82) is 0 Å². The largest absolute Gasteiger partial charge is 0.384 e. The van der Waals surface area contributed by atoms with Crippen LogP contribution in [-0.4, -0.2) is 5.11 Å². The van der Waals surface area contributed by atoms with E-state index in [4.69, 9.17) is 0 Å². The van der Waals surface area contributed by atoms with Gasteiger partial charge in [0, 0.05) is 5.56 Å². The van der Waals surface area contributed by atoms with Crippen LogP contribution in [0.4, 0.5) is 13.2 Å². The first-order valence-electron chi connectivity index (χ1n) is 4.45. The summed E-state index contributed by atoms with van der Waals surface area (Å²) in [4.78, 5) is 0. The topological polar surface area (TPSA) is 20.2 Å². The Morgan fingerprint density at radius 2 is 1.81 bits per heavy atom. The Bertz CT molecular complexity index is 496. The Kier molecular flexibility index (Phi) is 2.98. The van der Waals surface area contributed by atoms with Gasteiger partial charge in [0.05, 0.1) is 0 Å². The lowest BCUT2D eigenvalue weighted by Crippen LogP contribution is -2.04. The maximum Gasteiger partial charge on any atom is 0.194 e. The molecule has 5 heteroatoms. The lowest BCUT2D eigenvalue weighted by molar-refractivity contribution is 0.213. The third kappa shape index (κ3) is 1.83. The first-order chi connectivity index (χ1) is 7.61. The van der Waals surface area contributed by atoms with Gasteiger partial charge in [-0.2, -0.15) is 11.3 Å². The highest BCUT2D eigenvalue weighted by Crippen LogP contribution is 2.27. The number of halogens is 3. The molecule has 0 aliphatic carbocycles. The van der Waals surface area contributed by atoms with Crippen LogP contribution in [0.2, 0.25) is 0 Å². The summed E-state index contributed by atoms with van der Waals surface area (Å²) in [6.45, 7) is 0. The number of hydrogen-bond acceptors (Lipinski definition) is 2. The Labute approximate surface area is 93.8 Å². The van der Waals surface area contributed by atoms with Gasteiger partial charge in [-0.1, -0.05) is 6.07 Å². The van der Waals surface area contributed by atoms with E-state index in [2.05, 4.69) is 0 Å². The van der Waals surface area contributed by atoms with Crippen molar-refractivity contribution in [1.82, 2.24) is 0 Å². The summed E-state index contributed by atoms with van der Waals surface area (Å²) in [7, 11) is 0. The van der Waals surface area contributed by atoms with Gasteiger partial charge in [0.15, 0.2) is 17.5 Å². The predicted octanol–water partition coefficient (Wildman–Crippen LogP) is 3.25. The molecule has 1 atom stereocenters. The maximum atomic E-state index is 13.3. The van der Waals surface area contributed by atoms with Crippen LogP contribution in [0.15, 0.2) is 29.0 Å². The Balaban J connectivity index is 2.45. The third-order valence-electron chi connectivity index (χ3n) is 2.22. The monoisotopic (exact) mass is 244 g/mol. The van der Waals surface area contributed by atoms with E-state index >= 15 is 0 Å². The summed E-state index contributed by atoms with van der Waals surface area (Å²) in [5.41, 5.74) is 0.187. The molecule has 2 aromatic rings. The highest BCUT2D eigenvalue weighted by molar-refractivity contribution is 7.07. The number of aliphatic hydroxyl groups is 1. The number of thiophene rings is 1. The van der Waals surface area contributed by atoms with Gasteiger partial charge in [-0.05, 0) is 28.5 Å². The van der Waals surface area contributed by atoms with Crippen LogP contribution in [-0.2, 0) is 0 Å². The molecule has 0 radical (unpaired) electrons. The molecule has 2 rings (SSSR count). The standard InChI is InChI=1S/C11H7F3OS/c12-8-2-1-7(9(13)10(8)14)11(15)6-3-4-16-5-6/h1-5,11,15H. The summed E-state index contributed by atoms with van der Waals surface area (Å²) in [6, 6.07) is 3.43. The minimum Gasteiger partial charge on any atom is -0.384 e. The summed E-state index contributed by atoms with van der Waals surface area (Å²) >= 11 is 1.33. The van der Waals surface area contributed by atoms with E-state index in [1.165, 1.54) is 11.3 Å². The zero-order valence-corrected chi connectivity index (χ0v) is 8.77. The quantitative estimate of drug-likeness (QED) is 0.804. The number of aliphatic hydroxyl groups excluding tert-OH is 1. The van der Waals surface area contributed by atoms with Crippen molar-refractivity contribution in [3.05, 3.63) is 57.5 Å². The molecular weight excluding hydrogens is 237 g/mol. The molecule has 0 fully saturated rings. The molecule has 0 spiro atoms. The van der Waals surface area contributed by atoms with Gasteiger partial charge in [-0.15, -0.1) is 0 Å². The lowest BCUT2D eigenvalue weighted by Gasteiger charge is -2.10. The first-order valence-corrected chi connectivity index (χ1v) is 5.39. The molecule has 16 heavy (non-hydrogen) atoms. The molecule has 0 amide bonds. The zero-order chi connectivity index (χ0) is 11.7. The Morgan fingerprint density at radius 3 is 2.44 bits per heavy atom. The van der Waals surface area contributed by atoms with Gasteiger partial charge in [-0.25, -0.2) is 13.2 Å². The van der Waals surface area contributed by atoms with Gasteiger partial charge < -0.3 is 5.11 Å². The second kappa shape index (κ2) is 4.27. The minimum absolute atomic E-state index is 0.266. The molecule has 1 N–H and O–H groups in total. The van der Waals surface area contributed by atoms with E-state index in [1.807, 2.05) is 0 Å². The molecule has 1 unspecified atom stereocenters. The fraction of sp³-hybridized carbons (Fsp3) is 0.0909. The molecule has 0 saturated carbocycles. The molecule has 0 bridgehead atoms. The van der Waals surface area contributed by atoms with Gasteiger partial charge >= 0.3 is 0 Å². The van der Waals surface area contributed by atoms with E-state index in [0.29, 0.717) is 5.56 Å². The van der Waals surface area contributed by atoms with Crippen molar-refractivity contribution in [2.45, 2.75) is 6.10 Å². The zero-order valence-electron chi connectivity index (χ0n) is 7.95. The van der Waals surface area contributed by atoms with Crippen molar-refractivity contribution in [3.8, 4) is 0 Å². The van der Waals surface area contributed by atoms with E-state index < -0.39 is 23.6 Å². The Morgan fingerprint density at radius 1 is 1.06 bits per heavy atom. The third-order valence-corrected chi connectivity index (χ3v) is 2.92. The van der Waals surface area contributed by atoms with Crippen LogP contribution < -0.4 is 0 Å². The summed E-state index contributed by atoms with van der Waals surface area (Å²) in [5, 5.41) is 13.1. The summed E-state index contributed by atoms with van der Waals surface area (Å²) in [5.74, 6) is -4.18. The second-order valence-corrected chi connectivity index (χ2v) is 4.00. The SMILES string of the molecule is OC(c1ccsc1)c1ccc(F)c(F)c1F. The fourth-order valence-electron chi connectivity index (χ4n) is 1.36. The van der Waals surface area contributed by atoms with Gasteiger partial charge in [0.1, 0.15) is 6.10 Å². The average molecular weight is 244 g/mol. The van der Waals surface area contributed by atoms with E-state index in [1.54, 1.807) is 16.8 Å². The number of benzene rings is 1. The van der Waals surface area contributed by atoms with Gasteiger partial charge in [-0.3, -0.25) is 0 Å². The van der Waals surface area contributed by atoms with Crippen molar-refractivity contribution in [2.24, 2.45) is 0 Å². The molecule has 1 aromatic heterocycles. The van der Waals surface area contributed by atoms with Crippen molar-refractivity contribution < 1.29 is 18.3 Å². The lowest BCUT2D eigenvalue weighted by atomic mass is 10.0. The molecular formula is C11H7F3OS. The van der Waals surface area contributed by atoms with Crippen molar-refractivity contribution >= 4 is 11.3 Å². The first kappa shape index (κ1) is 11.2. The Hall–Kier alpha value is -1.33. The van der Waals surface area contributed by atoms with Gasteiger partial charge in [0.2, 0.25) is 0 Å². The van der Waals surface area contributed by atoms with Crippen LogP contribution in [0.5, 0.6) is 0 Å². The van der Waals surface area contributed by atoms with Crippen LogP contribution in [0.1, 0.15) is 17.2 Å². The number of rotatable bonds is 2. The molecule has 0 aliphatic rings. The minimum atomic E-state index is -1.56. The average Bonchev–Trinajstić information content (AvgIpc) is 2.79. The predicted molar refractivity (Wildman–Crippen MR) is 54.7 cm³/mol. The van der Waals surface area contributed by atoms with Crippen LogP contribution in [0.25, 0.3) is 0 Å². The smallest absolute Gasteiger partial charge is 0.194 e. The molecule has 1 heterocycles.